The molecular weight excluding hydrogens is 415 g/mol. The van der Waals surface area contributed by atoms with E-state index in [1.54, 1.807) is 12.1 Å². The van der Waals surface area contributed by atoms with Crippen molar-refractivity contribution in [3.8, 4) is 22.6 Å². The van der Waals surface area contributed by atoms with Crippen LogP contribution < -0.4 is 9.47 Å². The number of carbonyl (C=O) groups is 1. The van der Waals surface area contributed by atoms with E-state index in [0.29, 0.717) is 11.5 Å². The van der Waals surface area contributed by atoms with Crippen molar-refractivity contribution < 1.29 is 14.3 Å². The van der Waals surface area contributed by atoms with Gasteiger partial charge in [0.1, 0.15) is 11.5 Å². The van der Waals surface area contributed by atoms with Crippen LogP contribution in [0.2, 0.25) is 0 Å². The first-order valence-electron chi connectivity index (χ1n) is 7.46. The zero-order valence-electron chi connectivity index (χ0n) is 12.8. The fraction of sp³-hybridized carbons (Fsp3) is 0.0500. The summed E-state index contributed by atoms with van der Waals surface area (Å²) >= 11 is 2.20. The van der Waals surface area contributed by atoms with Gasteiger partial charge in [0.2, 0.25) is 0 Å². The van der Waals surface area contributed by atoms with Crippen molar-refractivity contribution in [1.29, 1.82) is 0 Å². The Morgan fingerprint density at radius 3 is 2.25 bits per heavy atom. The van der Waals surface area contributed by atoms with Crippen molar-refractivity contribution in [3.05, 3.63) is 82.4 Å². The Hall–Kier alpha value is -2.34. The molecule has 0 atom stereocenters. The maximum atomic E-state index is 12.0. The third kappa shape index (κ3) is 4.35. The summed E-state index contributed by atoms with van der Waals surface area (Å²) in [4.78, 5) is 12.0. The van der Waals surface area contributed by atoms with Gasteiger partial charge >= 0.3 is 5.97 Å². The van der Waals surface area contributed by atoms with Crippen LogP contribution in [0.3, 0.4) is 0 Å². The molecule has 0 saturated carbocycles. The van der Waals surface area contributed by atoms with E-state index in [-0.39, 0.29) is 6.61 Å². The molecule has 0 saturated heterocycles. The molecule has 0 amide bonds. The highest BCUT2D eigenvalue weighted by molar-refractivity contribution is 14.1. The standard InChI is InChI=1S/C20H15IO3/c21-16-10-12-17(13-11-16)24-20(22)14-23-19-9-5-4-8-18(19)15-6-2-1-3-7-15/h1-13H,14H2. The van der Waals surface area contributed by atoms with E-state index >= 15 is 0 Å². The predicted octanol–water partition coefficient (Wildman–Crippen LogP) is 4.94. The Morgan fingerprint density at radius 2 is 1.50 bits per heavy atom. The van der Waals surface area contributed by atoms with Crippen LogP contribution in [-0.2, 0) is 4.79 Å². The Kier molecular flexibility index (Phi) is 5.48. The first-order chi connectivity index (χ1) is 11.7. The van der Waals surface area contributed by atoms with Crippen molar-refractivity contribution >= 4 is 28.6 Å². The molecule has 0 aromatic heterocycles. The molecule has 0 aliphatic rings. The Bertz CT molecular complexity index is 814. The molecule has 0 aliphatic carbocycles. The van der Waals surface area contributed by atoms with Gasteiger partial charge in [-0.25, -0.2) is 4.79 Å². The minimum atomic E-state index is -0.431. The minimum Gasteiger partial charge on any atom is -0.481 e. The van der Waals surface area contributed by atoms with Crippen LogP contribution in [0.15, 0.2) is 78.9 Å². The molecule has 0 spiro atoms. The lowest BCUT2D eigenvalue weighted by Gasteiger charge is -2.11. The number of rotatable bonds is 5. The number of carbonyl (C=O) groups excluding carboxylic acids is 1. The smallest absolute Gasteiger partial charge is 0.349 e. The summed E-state index contributed by atoms with van der Waals surface area (Å²) in [6.45, 7) is -0.143. The molecule has 0 fully saturated rings. The van der Waals surface area contributed by atoms with Gasteiger partial charge in [0.05, 0.1) is 0 Å². The van der Waals surface area contributed by atoms with Crippen LogP contribution >= 0.6 is 22.6 Å². The molecule has 0 bridgehead atoms. The van der Waals surface area contributed by atoms with E-state index < -0.39 is 5.97 Å². The monoisotopic (exact) mass is 430 g/mol. The Labute approximate surface area is 154 Å². The molecule has 120 valence electrons. The molecule has 3 aromatic rings. The summed E-state index contributed by atoms with van der Waals surface area (Å²) in [5.41, 5.74) is 1.99. The average molecular weight is 430 g/mol. The summed E-state index contributed by atoms with van der Waals surface area (Å²) in [6, 6.07) is 24.8. The quantitative estimate of drug-likeness (QED) is 0.327. The summed E-state index contributed by atoms with van der Waals surface area (Å²) in [7, 11) is 0. The Balaban J connectivity index is 1.66. The van der Waals surface area contributed by atoms with Crippen LogP contribution in [0.1, 0.15) is 0 Å². The maximum absolute atomic E-state index is 12.0. The number of ether oxygens (including phenoxy) is 2. The van der Waals surface area contributed by atoms with E-state index in [1.807, 2.05) is 66.7 Å². The number of benzene rings is 3. The number of hydrogen-bond donors (Lipinski definition) is 0. The largest absolute Gasteiger partial charge is 0.481 e. The predicted molar refractivity (Wildman–Crippen MR) is 102 cm³/mol. The van der Waals surface area contributed by atoms with E-state index in [1.165, 1.54) is 0 Å². The van der Waals surface area contributed by atoms with E-state index in [9.17, 15) is 4.79 Å². The second-order valence-electron chi connectivity index (χ2n) is 5.08. The van der Waals surface area contributed by atoms with Gasteiger partial charge in [-0.05, 0) is 58.5 Å². The second kappa shape index (κ2) is 7.97. The van der Waals surface area contributed by atoms with Gasteiger partial charge in [-0.2, -0.15) is 0 Å². The summed E-state index contributed by atoms with van der Waals surface area (Å²) in [5, 5.41) is 0. The first-order valence-corrected chi connectivity index (χ1v) is 8.54. The van der Waals surface area contributed by atoms with Crippen molar-refractivity contribution in [1.82, 2.24) is 0 Å². The van der Waals surface area contributed by atoms with E-state index in [4.69, 9.17) is 9.47 Å². The van der Waals surface area contributed by atoms with Gasteiger partial charge in [0, 0.05) is 9.13 Å². The molecule has 0 unspecified atom stereocenters. The van der Waals surface area contributed by atoms with Crippen molar-refractivity contribution in [2.24, 2.45) is 0 Å². The van der Waals surface area contributed by atoms with Crippen LogP contribution in [0, 0.1) is 3.57 Å². The molecule has 0 N–H and O–H groups in total. The molecular formula is C20H15IO3. The van der Waals surface area contributed by atoms with E-state index in [2.05, 4.69) is 22.6 Å². The summed E-state index contributed by atoms with van der Waals surface area (Å²) in [5.74, 6) is 0.739. The molecule has 0 heterocycles. The fourth-order valence-corrected chi connectivity index (χ4v) is 2.61. The Morgan fingerprint density at radius 1 is 0.833 bits per heavy atom. The van der Waals surface area contributed by atoms with Crippen molar-refractivity contribution in [2.45, 2.75) is 0 Å². The highest BCUT2D eigenvalue weighted by atomic mass is 127. The first kappa shape index (κ1) is 16.5. The highest BCUT2D eigenvalue weighted by Gasteiger charge is 2.10. The van der Waals surface area contributed by atoms with Gasteiger partial charge in [0.15, 0.2) is 6.61 Å². The molecule has 0 radical (unpaired) electrons. The number of para-hydroxylation sites is 1. The third-order valence-electron chi connectivity index (χ3n) is 3.36. The van der Waals surface area contributed by atoms with E-state index in [0.717, 1.165) is 14.7 Å². The fourth-order valence-electron chi connectivity index (χ4n) is 2.25. The lowest BCUT2D eigenvalue weighted by atomic mass is 10.1. The average Bonchev–Trinajstić information content (AvgIpc) is 2.63. The third-order valence-corrected chi connectivity index (χ3v) is 4.08. The molecule has 3 rings (SSSR count). The minimum absolute atomic E-state index is 0.143. The zero-order chi connectivity index (χ0) is 16.8. The van der Waals surface area contributed by atoms with Crippen LogP contribution in [-0.4, -0.2) is 12.6 Å². The SMILES string of the molecule is O=C(COc1ccccc1-c1ccccc1)Oc1ccc(I)cc1. The number of hydrogen-bond acceptors (Lipinski definition) is 3. The van der Waals surface area contributed by atoms with Crippen LogP contribution in [0.5, 0.6) is 11.5 Å². The zero-order valence-corrected chi connectivity index (χ0v) is 15.0. The van der Waals surface area contributed by atoms with Gasteiger partial charge in [-0.15, -0.1) is 0 Å². The maximum Gasteiger partial charge on any atom is 0.349 e. The topological polar surface area (TPSA) is 35.5 Å². The second-order valence-corrected chi connectivity index (χ2v) is 6.32. The normalized spacial score (nSPS) is 10.2. The van der Waals surface area contributed by atoms with Crippen molar-refractivity contribution in [3.63, 3.8) is 0 Å². The van der Waals surface area contributed by atoms with Crippen LogP contribution in [0.4, 0.5) is 0 Å². The van der Waals surface area contributed by atoms with Crippen molar-refractivity contribution in [2.75, 3.05) is 6.61 Å². The van der Waals surface area contributed by atoms with Crippen LogP contribution in [0.25, 0.3) is 11.1 Å². The number of halogens is 1. The van der Waals surface area contributed by atoms with Gasteiger partial charge in [-0.1, -0.05) is 48.5 Å². The summed E-state index contributed by atoms with van der Waals surface area (Å²) in [6.07, 6.45) is 0. The lowest BCUT2D eigenvalue weighted by Crippen LogP contribution is -2.17. The van der Waals surface area contributed by atoms with Gasteiger partial charge in [0.25, 0.3) is 0 Å². The molecule has 3 aromatic carbocycles. The molecule has 4 heteroatoms. The summed E-state index contributed by atoms with van der Waals surface area (Å²) < 4.78 is 12.0. The molecule has 3 nitrogen and oxygen atoms in total. The number of esters is 1. The highest BCUT2D eigenvalue weighted by Crippen LogP contribution is 2.29. The molecule has 24 heavy (non-hydrogen) atoms. The van der Waals surface area contributed by atoms with Gasteiger partial charge < -0.3 is 9.47 Å². The van der Waals surface area contributed by atoms with Gasteiger partial charge in [-0.3, -0.25) is 0 Å². The lowest BCUT2D eigenvalue weighted by molar-refractivity contribution is -0.136. The molecule has 0 aliphatic heterocycles.